The summed E-state index contributed by atoms with van der Waals surface area (Å²) in [4.78, 5) is 0. The van der Waals surface area contributed by atoms with E-state index >= 15 is 0 Å². The molecule has 5 heteroatoms. The molecule has 80 valence electrons. The van der Waals surface area contributed by atoms with Crippen LogP contribution in [0.25, 0.3) is 0 Å². The van der Waals surface area contributed by atoms with Crippen molar-refractivity contribution < 1.29 is 13.2 Å². The lowest BCUT2D eigenvalue weighted by Gasteiger charge is -2.11. The number of nitriles is 1. The zero-order valence-corrected chi connectivity index (χ0v) is 7.97. The summed E-state index contributed by atoms with van der Waals surface area (Å²) >= 11 is 0. The highest BCUT2D eigenvalue weighted by molar-refractivity contribution is 5.42. The molecule has 0 aliphatic carbocycles. The molecule has 2 nitrogen and oxygen atoms in total. The second-order valence-corrected chi connectivity index (χ2v) is 3.20. The number of hydrogen-bond acceptors (Lipinski definition) is 2. The lowest BCUT2D eigenvalue weighted by Crippen LogP contribution is -2.10. The van der Waals surface area contributed by atoms with Crippen molar-refractivity contribution in [2.75, 3.05) is 0 Å². The Morgan fingerprint density at radius 3 is 2.40 bits per heavy atom. The topological polar surface area (TPSA) is 49.8 Å². The van der Waals surface area contributed by atoms with Crippen LogP contribution in [0, 0.1) is 11.3 Å². The van der Waals surface area contributed by atoms with E-state index in [1.807, 2.05) is 0 Å². The van der Waals surface area contributed by atoms with Crippen LogP contribution in [0.5, 0.6) is 0 Å². The van der Waals surface area contributed by atoms with Crippen LogP contribution in [0.3, 0.4) is 0 Å². The summed E-state index contributed by atoms with van der Waals surface area (Å²) in [6.45, 7) is 1.64. The van der Waals surface area contributed by atoms with E-state index in [0.29, 0.717) is 5.56 Å². The molecule has 0 aromatic heterocycles. The number of nitrogens with zero attached hydrogens (tertiary/aromatic N) is 1. The lowest BCUT2D eigenvalue weighted by molar-refractivity contribution is -0.137. The first-order valence-electron chi connectivity index (χ1n) is 4.23. The summed E-state index contributed by atoms with van der Waals surface area (Å²) < 4.78 is 37.2. The highest BCUT2D eigenvalue weighted by atomic mass is 19.4. The largest absolute Gasteiger partial charge is 0.417 e. The van der Waals surface area contributed by atoms with Crippen molar-refractivity contribution in [2.24, 2.45) is 5.73 Å². The Kier molecular flexibility index (Phi) is 3.01. The number of rotatable bonds is 1. The van der Waals surface area contributed by atoms with E-state index in [2.05, 4.69) is 0 Å². The summed E-state index contributed by atoms with van der Waals surface area (Å²) in [7, 11) is 0. The van der Waals surface area contributed by atoms with Crippen LogP contribution in [0.4, 0.5) is 13.2 Å². The third-order valence-electron chi connectivity index (χ3n) is 2.00. The molecule has 0 spiro atoms. The lowest BCUT2D eigenvalue weighted by atomic mass is 10.0. The zero-order chi connectivity index (χ0) is 11.6. The highest BCUT2D eigenvalue weighted by Crippen LogP contribution is 2.32. The van der Waals surface area contributed by atoms with E-state index < -0.39 is 17.3 Å². The van der Waals surface area contributed by atoms with Gasteiger partial charge in [-0.1, -0.05) is 6.07 Å². The quantitative estimate of drug-likeness (QED) is 0.781. The monoisotopic (exact) mass is 214 g/mol. The minimum Gasteiger partial charge on any atom is -0.324 e. The molecule has 0 saturated heterocycles. The SMILES string of the molecule is CC(N)c1ccc(C(F)(F)F)c(C#N)c1. The van der Waals surface area contributed by atoms with Crippen LogP contribution in [0.1, 0.15) is 29.7 Å². The highest BCUT2D eigenvalue weighted by Gasteiger charge is 2.33. The van der Waals surface area contributed by atoms with E-state index in [4.69, 9.17) is 11.0 Å². The average molecular weight is 214 g/mol. The number of hydrogen-bond donors (Lipinski definition) is 1. The molecule has 0 fully saturated rings. The molecule has 0 saturated carbocycles. The fourth-order valence-corrected chi connectivity index (χ4v) is 1.18. The van der Waals surface area contributed by atoms with Crippen LogP contribution in [0.2, 0.25) is 0 Å². The van der Waals surface area contributed by atoms with Crippen molar-refractivity contribution in [1.82, 2.24) is 0 Å². The molecule has 1 rings (SSSR count). The third-order valence-corrected chi connectivity index (χ3v) is 2.00. The van der Waals surface area contributed by atoms with Gasteiger partial charge in [-0.15, -0.1) is 0 Å². The molecule has 1 aromatic carbocycles. The molecule has 15 heavy (non-hydrogen) atoms. The molecular formula is C10H9F3N2. The molecular weight excluding hydrogens is 205 g/mol. The second kappa shape index (κ2) is 3.91. The first-order chi connectivity index (χ1) is 6.86. The van der Waals surface area contributed by atoms with Gasteiger partial charge in [-0.25, -0.2) is 0 Å². The maximum atomic E-state index is 12.4. The zero-order valence-electron chi connectivity index (χ0n) is 7.97. The normalized spacial score (nSPS) is 13.3. The maximum Gasteiger partial charge on any atom is 0.417 e. The molecule has 0 heterocycles. The second-order valence-electron chi connectivity index (χ2n) is 3.20. The van der Waals surface area contributed by atoms with Gasteiger partial charge in [0.2, 0.25) is 0 Å². The molecule has 0 radical (unpaired) electrons. The van der Waals surface area contributed by atoms with Gasteiger partial charge in [0.25, 0.3) is 0 Å². The first-order valence-corrected chi connectivity index (χ1v) is 4.23. The summed E-state index contributed by atoms with van der Waals surface area (Å²) in [5.74, 6) is 0. The average Bonchev–Trinajstić information content (AvgIpc) is 2.15. The minimum atomic E-state index is -4.50. The van der Waals surface area contributed by atoms with Crippen molar-refractivity contribution in [3.8, 4) is 6.07 Å². The number of alkyl halides is 3. The van der Waals surface area contributed by atoms with Gasteiger partial charge in [-0.05, 0) is 24.6 Å². The first kappa shape index (κ1) is 11.5. The summed E-state index contributed by atoms with van der Waals surface area (Å²) in [5, 5.41) is 8.60. The van der Waals surface area contributed by atoms with Gasteiger partial charge >= 0.3 is 6.18 Å². The Balaban J connectivity index is 3.29. The van der Waals surface area contributed by atoms with Crippen LogP contribution >= 0.6 is 0 Å². The molecule has 0 aliphatic rings. The fraction of sp³-hybridized carbons (Fsp3) is 0.300. The maximum absolute atomic E-state index is 12.4. The molecule has 1 unspecified atom stereocenters. The summed E-state index contributed by atoms with van der Waals surface area (Å²) in [6, 6.07) is 4.48. The van der Waals surface area contributed by atoms with Gasteiger partial charge in [0.1, 0.15) is 0 Å². The number of nitrogens with two attached hydrogens (primary N) is 1. The van der Waals surface area contributed by atoms with Gasteiger partial charge in [0, 0.05) is 6.04 Å². The standard InChI is InChI=1S/C10H9F3N2/c1-6(15)7-2-3-9(10(11,12)13)8(4-7)5-14/h2-4,6H,15H2,1H3. The fourth-order valence-electron chi connectivity index (χ4n) is 1.18. The number of halogens is 3. The van der Waals surface area contributed by atoms with Crippen molar-refractivity contribution in [3.63, 3.8) is 0 Å². The molecule has 1 aromatic rings. The van der Waals surface area contributed by atoms with Crippen LogP contribution < -0.4 is 5.73 Å². The molecule has 0 aliphatic heterocycles. The minimum absolute atomic E-state index is 0.389. The van der Waals surface area contributed by atoms with Crippen molar-refractivity contribution in [2.45, 2.75) is 19.1 Å². The number of benzene rings is 1. The van der Waals surface area contributed by atoms with Crippen molar-refractivity contribution >= 4 is 0 Å². The van der Waals surface area contributed by atoms with Gasteiger partial charge in [0.15, 0.2) is 0 Å². The third kappa shape index (κ3) is 2.48. The Labute approximate surface area is 85.1 Å². The van der Waals surface area contributed by atoms with Gasteiger partial charge in [0.05, 0.1) is 17.2 Å². The molecule has 2 N–H and O–H groups in total. The van der Waals surface area contributed by atoms with E-state index in [-0.39, 0.29) is 6.04 Å². The van der Waals surface area contributed by atoms with Gasteiger partial charge in [-0.3, -0.25) is 0 Å². The summed E-state index contributed by atoms with van der Waals surface area (Å²) in [5.41, 5.74) is 4.71. The summed E-state index contributed by atoms with van der Waals surface area (Å²) in [6.07, 6.45) is -4.50. The van der Waals surface area contributed by atoms with E-state index in [1.165, 1.54) is 18.2 Å². The Bertz CT molecular complexity index is 402. The predicted octanol–water partition coefficient (Wildman–Crippen LogP) is 2.60. The van der Waals surface area contributed by atoms with E-state index in [1.54, 1.807) is 6.92 Å². The molecule has 0 bridgehead atoms. The smallest absolute Gasteiger partial charge is 0.324 e. The predicted molar refractivity (Wildman–Crippen MR) is 48.8 cm³/mol. The molecule has 1 atom stereocenters. The Hall–Kier alpha value is -1.54. The van der Waals surface area contributed by atoms with E-state index in [0.717, 1.165) is 6.07 Å². The Morgan fingerprint density at radius 1 is 1.40 bits per heavy atom. The van der Waals surface area contributed by atoms with Gasteiger partial charge < -0.3 is 5.73 Å². The van der Waals surface area contributed by atoms with Crippen molar-refractivity contribution in [3.05, 3.63) is 34.9 Å². The van der Waals surface area contributed by atoms with Crippen LogP contribution in [0.15, 0.2) is 18.2 Å². The van der Waals surface area contributed by atoms with Crippen molar-refractivity contribution in [1.29, 1.82) is 5.26 Å². The Morgan fingerprint density at radius 2 is 2.00 bits per heavy atom. The van der Waals surface area contributed by atoms with Crippen LogP contribution in [-0.4, -0.2) is 0 Å². The van der Waals surface area contributed by atoms with Gasteiger partial charge in [-0.2, -0.15) is 18.4 Å². The molecule has 0 amide bonds. The van der Waals surface area contributed by atoms with E-state index in [9.17, 15) is 13.2 Å². The van der Waals surface area contributed by atoms with Crippen LogP contribution in [-0.2, 0) is 6.18 Å².